The van der Waals surface area contributed by atoms with Crippen molar-refractivity contribution in [1.82, 2.24) is 0 Å². The molecule has 0 aliphatic carbocycles. The zero-order chi connectivity index (χ0) is 17.8. The van der Waals surface area contributed by atoms with E-state index < -0.39 is 0 Å². The topological polar surface area (TPSA) is 36.8 Å². The fraction of sp³-hybridized carbons (Fsp3) is 0.350. The standard InChI is InChI=1S/C20H24ClN3O/c1-15-5-3-8-19(16(15)2)24-11-9-23(10-12-24)14-20(25)22-18-7-4-6-17(21)13-18/h3-8,13H,9-12,14H2,1-2H3,(H,22,25)/p+1. The van der Waals surface area contributed by atoms with Crippen LogP contribution in [-0.4, -0.2) is 38.6 Å². The summed E-state index contributed by atoms with van der Waals surface area (Å²) in [7, 11) is 0. The molecule has 2 aromatic rings. The molecule has 1 fully saturated rings. The van der Waals surface area contributed by atoms with Crippen LogP contribution in [0.4, 0.5) is 11.4 Å². The van der Waals surface area contributed by atoms with Crippen LogP contribution in [0.25, 0.3) is 0 Å². The second kappa shape index (κ2) is 7.89. The number of benzene rings is 2. The molecule has 1 aliphatic rings. The van der Waals surface area contributed by atoms with Crippen LogP contribution in [0.5, 0.6) is 0 Å². The van der Waals surface area contributed by atoms with Crippen LogP contribution >= 0.6 is 11.6 Å². The Morgan fingerprint density at radius 3 is 2.60 bits per heavy atom. The number of amides is 1. The van der Waals surface area contributed by atoms with Crippen LogP contribution in [0.1, 0.15) is 11.1 Å². The minimum absolute atomic E-state index is 0.0393. The average Bonchev–Trinajstić information content (AvgIpc) is 2.58. The fourth-order valence-corrected chi connectivity index (χ4v) is 3.51. The van der Waals surface area contributed by atoms with Gasteiger partial charge in [0.05, 0.1) is 26.2 Å². The van der Waals surface area contributed by atoms with Crippen LogP contribution in [0.3, 0.4) is 0 Å². The Morgan fingerprint density at radius 2 is 1.88 bits per heavy atom. The molecule has 4 nitrogen and oxygen atoms in total. The average molecular weight is 359 g/mol. The van der Waals surface area contributed by atoms with Crippen molar-refractivity contribution in [3.05, 3.63) is 58.6 Å². The van der Waals surface area contributed by atoms with Gasteiger partial charge in [0.15, 0.2) is 6.54 Å². The molecular formula is C20H25ClN3O+. The van der Waals surface area contributed by atoms with Crippen molar-refractivity contribution in [2.75, 3.05) is 42.9 Å². The van der Waals surface area contributed by atoms with Crippen molar-refractivity contribution in [3.8, 4) is 0 Å². The lowest BCUT2D eigenvalue weighted by molar-refractivity contribution is -0.892. The summed E-state index contributed by atoms with van der Waals surface area (Å²) in [6.07, 6.45) is 0. The number of nitrogens with zero attached hydrogens (tertiary/aromatic N) is 1. The van der Waals surface area contributed by atoms with Gasteiger partial charge in [-0.25, -0.2) is 0 Å². The van der Waals surface area contributed by atoms with E-state index >= 15 is 0 Å². The van der Waals surface area contributed by atoms with Gasteiger partial charge < -0.3 is 15.1 Å². The van der Waals surface area contributed by atoms with Gasteiger partial charge in [0.1, 0.15) is 0 Å². The summed E-state index contributed by atoms with van der Waals surface area (Å²) in [5, 5.41) is 3.56. The lowest BCUT2D eigenvalue weighted by Gasteiger charge is -2.34. The monoisotopic (exact) mass is 358 g/mol. The molecule has 1 saturated heterocycles. The minimum Gasteiger partial charge on any atom is -0.360 e. The first kappa shape index (κ1) is 17.8. The Balaban J connectivity index is 1.52. The molecule has 0 radical (unpaired) electrons. The van der Waals surface area contributed by atoms with Gasteiger partial charge in [-0.2, -0.15) is 0 Å². The Bertz CT molecular complexity index is 754. The number of hydrogen-bond acceptors (Lipinski definition) is 2. The lowest BCUT2D eigenvalue weighted by Crippen LogP contribution is -3.15. The van der Waals surface area contributed by atoms with Crippen molar-refractivity contribution >= 4 is 28.9 Å². The highest BCUT2D eigenvalue weighted by Crippen LogP contribution is 2.22. The van der Waals surface area contributed by atoms with Crippen molar-refractivity contribution in [1.29, 1.82) is 0 Å². The number of aryl methyl sites for hydroxylation is 1. The first-order chi connectivity index (χ1) is 12.0. The number of rotatable bonds is 4. The van der Waals surface area contributed by atoms with E-state index in [1.165, 1.54) is 21.7 Å². The molecule has 1 heterocycles. The summed E-state index contributed by atoms with van der Waals surface area (Å²) in [5.74, 6) is 0.0393. The van der Waals surface area contributed by atoms with E-state index in [0.29, 0.717) is 11.6 Å². The Labute approximate surface area is 154 Å². The van der Waals surface area contributed by atoms with Gasteiger partial charge >= 0.3 is 0 Å². The molecule has 0 spiro atoms. The number of piperazine rings is 1. The molecule has 1 aliphatic heterocycles. The predicted molar refractivity (Wildman–Crippen MR) is 104 cm³/mol. The summed E-state index contributed by atoms with van der Waals surface area (Å²) in [5.41, 5.74) is 4.76. The highest BCUT2D eigenvalue weighted by molar-refractivity contribution is 6.30. The van der Waals surface area contributed by atoms with E-state index in [9.17, 15) is 4.79 Å². The first-order valence-electron chi connectivity index (χ1n) is 8.73. The molecule has 0 atom stereocenters. The van der Waals surface area contributed by atoms with Crippen molar-refractivity contribution in [3.63, 3.8) is 0 Å². The summed E-state index contributed by atoms with van der Waals surface area (Å²) >= 11 is 5.96. The summed E-state index contributed by atoms with van der Waals surface area (Å²) in [6.45, 7) is 8.72. The van der Waals surface area contributed by atoms with Crippen molar-refractivity contribution in [2.45, 2.75) is 13.8 Å². The van der Waals surface area contributed by atoms with Gasteiger partial charge in [0.25, 0.3) is 5.91 Å². The quantitative estimate of drug-likeness (QED) is 0.880. The molecule has 0 saturated carbocycles. The van der Waals surface area contributed by atoms with Crippen LogP contribution in [0, 0.1) is 13.8 Å². The molecule has 5 heteroatoms. The van der Waals surface area contributed by atoms with E-state index in [1.807, 2.05) is 12.1 Å². The maximum Gasteiger partial charge on any atom is 0.279 e. The summed E-state index contributed by atoms with van der Waals surface area (Å²) in [4.78, 5) is 16.0. The van der Waals surface area contributed by atoms with Gasteiger partial charge in [0.2, 0.25) is 0 Å². The molecular weight excluding hydrogens is 334 g/mol. The zero-order valence-electron chi connectivity index (χ0n) is 14.8. The van der Waals surface area contributed by atoms with Crippen molar-refractivity contribution in [2.24, 2.45) is 0 Å². The van der Waals surface area contributed by atoms with E-state index in [4.69, 9.17) is 11.6 Å². The SMILES string of the molecule is Cc1cccc(N2CC[NH+](CC(=O)Nc3cccc(Cl)c3)CC2)c1C. The third kappa shape index (κ3) is 4.53. The summed E-state index contributed by atoms with van der Waals surface area (Å²) in [6, 6.07) is 13.7. The summed E-state index contributed by atoms with van der Waals surface area (Å²) < 4.78 is 0. The van der Waals surface area contributed by atoms with E-state index in [1.54, 1.807) is 12.1 Å². The number of nitrogens with one attached hydrogen (secondary N) is 2. The smallest absolute Gasteiger partial charge is 0.279 e. The Kier molecular flexibility index (Phi) is 5.61. The van der Waals surface area contributed by atoms with Gasteiger partial charge in [-0.05, 0) is 49.2 Å². The zero-order valence-corrected chi connectivity index (χ0v) is 15.6. The van der Waals surface area contributed by atoms with Crippen LogP contribution in [-0.2, 0) is 4.79 Å². The van der Waals surface area contributed by atoms with Crippen LogP contribution in [0.15, 0.2) is 42.5 Å². The molecule has 0 unspecified atom stereocenters. The largest absolute Gasteiger partial charge is 0.360 e. The fourth-order valence-electron chi connectivity index (χ4n) is 3.32. The Hall–Kier alpha value is -2.04. The number of carbonyl (C=O) groups excluding carboxylic acids is 1. The number of carbonyl (C=O) groups is 1. The number of hydrogen-bond donors (Lipinski definition) is 2. The molecule has 3 rings (SSSR count). The maximum atomic E-state index is 12.3. The highest BCUT2D eigenvalue weighted by Gasteiger charge is 2.23. The highest BCUT2D eigenvalue weighted by atomic mass is 35.5. The van der Waals surface area contributed by atoms with Crippen LogP contribution < -0.4 is 15.1 Å². The van der Waals surface area contributed by atoms with E-state index in [0.717, 1.165) is 31.9 Å². The first-order valence-corrected chi connectivity index (χ1v) is 9.11. The van der Waals surface area contributed by atoms with Gasteiger partial charge in [-0.1, -0.05) is 29.8 Å². The lowest BCUT2D eigenvalue weighted by atomic mass is 10.1. The third-order valence-corrected chi connectivity index (χ3v) is 5.14. The van der Waals surface area contributed by atoms with E-state index in [2.05, 4.69) is 42.3 Å². The Morgan fingerprint density at radius 1 is 1.16 bits per heavy atom. The molecule has 2 N–H and O–H groups in total. The van der Waals surface area contributed by atoms with Crippen molar-refractivity contribution < 1.29 is 9.69 Å². The second-order valence-corrected chi connectivity index (χ2v) is 7.13. The maximum absolute atomic E-state index is 12.3. The number of quaternary nitrogens is 1. The number of halogens is 1. The molecule has 0 aromatic heterocycles. The second-order valence-electron chi connectivity index (χ2n) is 6.69. The molecule has 25 heavy (non-hydrogen) atoms. The van der Waals surface area contributed by atoms with Crippen LogP contribution in [0.2, 0.25) is 5.02 Å². The third-order valence-electron chi connectivity index (χ3n) is 4.91. The number of anilines is 2. The predicted octanol–water partition coefficient (Wildman–Crippen LogP) is 2.30. The molecule has 0 bridgehead atoms. The van der Waals surface area contributed by atoms with Gasteiger partial charge in [-0.15, -0.1) is 0 Å². The minimum atomic E-state index is 0.0393. The van der Waals surface area contributed by atoms with Gasteiger partial charge in [-0.3, -0.25) is 4.79 Å². The van der Waals surface area contributed by atoms with Gasteiger partial charge in [0, 0.05) is 16.4 Å². The molecule has 132 valence electrons. The molecule has 1 amide bonds. The van der Waals surface area contributed by atoms with E-state index in [-0.39, 0.29) is 5.91 Å². The normalized spacial score (nSPS) is 15.2. The molecule has 2 aromatic carbocycles.